The maximum atomic E-state index is 11.0. The van der Waals surface area contributed by atoms with Crippen LogP contribution in [0.3, 0.4) is 0 Å². The average Bonchev–Trinajstić information content (AvgIpc) is 2.70. The molecule has 1 aliphatic rings. The first-order chi connectivity index (χ1) is 6.70. The molecular formula is C9H10INO2S. The number of hydrogen-bond donors (Lipinski definition) is 2. The van der Waals surface area contributed by atoms with Gasteiger partial charge in [0.2, 0.25) is 0 Å². The predicted molar refractivity (Wildman–Crippen MR) is 63.8 cm³/mol. The third-order valence-corrected chi connectivity index (χ3v) is 4.87. The molecule has 2 atom stereocenters. The second-order valence-electron chi connectivity index (χ2n) is 3.34. The van der Waals surface area contributed by atoms with Crippen molar-refractivity contribution in [3.8, 4) is 0 Å². The van der Waals surface area contributed by atoms with E-state index in [1.807, 2.05) is 11.4 Å². The van der Waals surface area contributed by atoms with Crippen molar-refractivity contribution in [3.63, 3.8) is 0 Å². The molecule has 14 heavy (non-hydrogen) atoms. The van der Waals surface area contributed by atoms with Gasteiger partial charge < -0.3 is 10.4 Å². The van der Waals surface area contributed by atoms with Gasteiger partial charge in [0, 0.05) is 27.5 Å². The highest BCUT2D eigenvalue weighted by molar-refractivity contribution is 14.1. The molecule has 5 heteroatoms. The van der Waals surface area contributed by atoms with Crippen LogP contribution in [-0.4, -0.2) is 24.2 Å². The highest BCUT2D eigenvalue weighted by Gasteiger charge is 2.35. The molecule has 76 valence electrons. The smallest absolute Gasteiger partial charge is 0.308 e. The van der Waals surface area contributed by atoms with Crippen LogP contribution in [0.5, 0.6) is 0 Å². The SMILES string of the molecule is O=C(O)C1CNCC1c1sccc1I. The number of carbonyl (C=O) groups is 1. The van der Waals surface area contributed by atoms with Crippen LogP contribution in [0.2, 0.25) is 0 Å². The largest absolute Gasteiger partial charge is 0.481 e. The van der Waals surface area contributed by atoms with Gasteiger partial charge in [-0.2, -0.15) is 0 Å². The lowest BCUT2D eigenvalue weighted by Gasteiger charge is -2.13. The third kappa shape index (κ3) is 1.80. The lowest BCUT2D eigenvalue weighted by molar-refractivity contribution is -0.141. The van der Waals surface area contributed by atoms with E-state index in [1.165, 1.54) is 8.45 Å². The summed E-state index contributed by atoms with van der Waals surface area (Å²) >= 11 is 3.93. The van der Waals surface area contributed by atoms with Gasteiger partial charge in [-0.3, -0.25) is 4.79 Å². The fourth-order valence-electron chi connectivity index (χ4n) is 1.78. The zero-order chi connectivity index (χ0) is 10.1. The lowest BCUT2D eigenvalue weighted by atomic mass is 9.95. The van der Waals surface area contributed by atoms with Gasteiger partial charge in [0.05, 0.1) is 5.92 Å². The van der Waals surface area contributed by atoms with Gasteiger partial charge in [-0.1, -0.05) is 0 Å². The molecule has 0 saturated carbocycles. The van der Waals surface area contributed by atoms with Gasteiger partial charge in [0.25, 0.3) is 0 Å². The van der Waals surface area contributed by atoms with Crippen LogP contribution in [0.15, 0.2) is 11.4 Å². The topological polar surface area (TPSA) is 49.3 Å². The Balaban J connectivity index is 2.26. The van der Waals surface area contributed by atoms with Crippen molar-refractivity contribution in [2.45, 2.75) is 5.92 Å². The number of nitrogens with one attached hydrogen (secondary N) is 1. The molecule has 0 bridgehead atoms. The van der Waals surface area contributed by atoms with E-state index in [1.54, 1.807) is 11.3 Å². The molecule has 0 aromatic carbocycles. The second kappa shape index (κ2) is 4.16. The summed E-state index contributed by atoms with van der Waals surface area (Å²) in [6.45, 7) is 1.38. The molecule has 3 nitrogen and oxygen atoms in total. The van der Waals surface area contributed by atoms with E-state index in [0.717, 1.165) is 6.54 Å². The average molecular weight is 323 g/mol. The summed E-state index contributed by atoms with van der Waals surface area (Å²) in [5, 5.41) is 14.2. The van der Waals surface area contributed by atoms with E-state index in [2.05, 4.69) is 27.9 Å². The Hall–Kier alpha value is -0.140. The number of hydrogen-bond acceptors (Lipinski definition) is 3. The standard InChI is InChI=1S/C9H10INO2S/c10-7-1-2-14-8(7)5-3-11-4-6(5)9(12)13/h1-2,5-6,11H,3-4H2,(H,12,13). The molecule has 1 aliphatic heterocycles. The Labute approximate surface area is 99.7 Å². The highest BCUT2D eigenvalue weighted by Crippen LogP contribution is 2.34. The fourth-order valence-corrected chi connectivity index (χ4v) is 3.94. The molecule has 0 spiro atoms. The molecule has 1 saturated heterocycles. The molecule has 2 rings (SSSR count). The number of carboxylic acids is 1. The molecule has 2 N–H and O–H groups in total. The van der Waals surface area contributed by atoms with Crippen molar-refractivity contribution in [1.82, 2.24) is 5.32 Å². The number of rotatable bonds is 2. The zero-order valence-electron chi connectivity index (χ0n) is 7.37. The molecule has 2 unspecified atom stereocenters. The van der Waals surface area contributed by atoms with Crippen molar-refractivity contribution in [2.24, 2.45) is 5.92 Å². The maximum absolute atomic E-state index is 11.0. The Morgan fingerprint density at radius 3 is 3.00 bits per heavy atom. The minimum Gasteiger partial charge on any atom is -0.481 e. The Morgan fingerprint density at radius 2 is 2.43 bits per heavy atom. The van der Waals surface area contributed by atoms with Crippen LogP contribution < -0.4 is 5.32 Å². The monoisotopic (exact) mass is 323 g/mol. The molecule has 0 aliphatic carbocycles. The first kappa shape index (κ1) is 10.4. The highest BCUT2D eigenvalue weighted by atomic mass is 127. The minimum atomic E-state index is -0.691. The van der Waals surface area contributed by atoms with E-state index in [-0.39, 0.29) is 11.8 Å². The summed E-state index contributed by atoms with van der Waals surface area (Å²) in [5.41, 5.74) is 0. The van der Waals surface area contributed by atoms with Gasteiger partial charge in [0.15, 0.2) is 0 Å². The third-order valence-electron chi connectivity index (χ3n) is 2.51. The van der Waals surface area contributed by atoms with Gasteiger partial charge in [-0.05, 0) is 34.0 Å². The molecule has 0 amide bonds. The summed E-state index contributed by atoms with van der Waals surface area (Å²) in [6, 6.07) is 2.04. The van der Waals surface area contributed by atoms with Crippen molar-refractivity contribution < 1.29 is 9.90 Å². The quantitative estimate of drug-likeness (QED) is 0.815. The van der Waals surface area contributed by atoms with Gasteiger partial charge >= 0.3 is 5.97 Å². The number of carboxylic acid groups (broad SMARTS) is 1. The molecule has 2 heterocycles. The summed E-state index contributed by atoms with van der Waals surface area (Å²) in [4.78, 5) is 12.2. The second-order valence-corrected chi connectivity index (χ2v) is 5.45. The Kier molecular flexibility index (Phi) is 3.08. The molecule has 0 radical (unpaired) electrons. The Morgan fingerprint density at radius 1 is 1.64 bits per heavy atom. The van der Waals surface area contributed by atoms with Gasteiger partial charge in [0.1, 0.15) is 0 Å². The summed E-state index contributed by atoms with van der Waals surface area (Å²) in [5.74, 6) is -0.800. The molecule has 1 fully saturated rings. The van der Waals surface area contributed by atoms with Gasteiger partial charge in [-0.25, -0.2) is 0 Å². The van der Waals surface area contributed by atoms with Crippen molar-refractivity contribution in [3.05, 3.63) is 19.9 Å². The molecular weight excluding hydrogens is 313 g/mol. The van der Waals surface area contributed by atoms with Crippen LogP contribution in [0.4, 0.5) is 0 Å². The summed E-state index contributed by atoms with van der Waals surface area (Å²) in [6.07, 6.45) is 0. The molecule has 1 aromatic rings. The zero-order valence-corrected chi connectivity index (χ0v) is 10.3. The van der Waals surface area contributed by atoms with E-state index in [9.17, 15) is 4.79 Å². The summed E-state index contributed by atoms with van der Waals surface area (Å²) in [7, 11) is 0. The van der Waals surface area contributed by atoms with Crippen LogP contribution in [0.1, 0.15) is 10.8 Å². The first-order valence-electron chi connectivity index (χ1n) is 4.36. The number of thiophene rings is 1. The first-order valence-corrected chi connectivity index (χ1v) is 6.32. The number of aliphatic carboxylic acids is 1. The lowest BCUT2D eigenvalue weighted by Crippen LogP contribution is -2.20. The van der Waals surface area contributed by atoms with Crippen molar-refractivity contribution >= 4 is 39.9 Å². The maximum Gasteiger partial charge on any atom is 0.308 e. The Bertz CT molecular complexity index is 352. The summed E-state index contributed by atoms with van der Waals surface area (Å²) < 4.78 is 1.19. The van der Waals surface area contributed by atoms with Gasteiger partial charge in [-0.15, -0.1) is 11.3 Å². The van der Waals surface area contributed by atoms with Crippen LogP contribution >= 0.6 is 33.9 Å². The fraction of sp³-hybridized carbons (Fsp3) is 0.444. The normalized spacial score (nSPS) is 26.6. The van der Waals surface area contributed by atoms with E-state index in [4.69, 9.17) is 5.11 Å². The minimum absolute atomic E-state index is 0.152. The van der Waals surface area contributed by atoms with Crippen LogP contribution in [0, 0.1) is 9.49 Å². The molecule has 1 aromatic heterocycles. The van der Waals surface area contributed by atoms with E-state index in [0.29, 0.717) is 6.54 Å². The van der Waals surface area contributed by atoms with E-state index < -0.39 is 5.97 Å². The van der Waals surface area contributed by atoms with Crippen molar-refractivity contribution in [2.75, 3.05) is 13.1 Å². The van der Waals surface area contributed by atoms with Crippen LogP contribution in [-0.2, 0) is 4.79 Å². The van der Waals surface area contributed by atoms with Crippen molar-refractivity contribution in [1.29, 1.82) is 0 Å². The number of halogens is 1. The predicted octanol–water partition coefficient (Wildman–Crippen LogP) is 1.74. The van der Waals surface area contributed by atoms with E-state index >= 15 is 0 Å². The van der Waals surface area contributed by atoms with Crippen LogP contribution in [0.25, 0.3) is 0 Å².